The Labute approximate surface area is 166 Å². The third-order valence-corrected chi connectivity index (χ3v) is 5.96. The van der Waals surface area contributed by atoms with Crippen molar-refractivity contribution >= 4 is 5.91 Å². The van der Waals surface area contributed by atoms with Crippen molar-refractivity contribution in [1.82, 2.24) is 24.8 Å². The summed E-state index contributed by atoms with van der Waals surface area (Å²) in [6.45, 7) is 8.16. The van der Waals surface area contributed by atoms with Crippen LogP contribution in [0.25, 0.3) is 11.4 Å². The largest absolute Gasteiger partial charge is 0.340 e. The van der Waals surface area contributed by atoms with Crippen molar-refractivity contribution in [3.05, 3.63) is 35.7 Å². The first-order valence-electron chi connectivity index (χ1n) is 10.2. The van der Waals surface area contributed by atoms with Crippen molar-refractivity contribution in [2.24, 2.45) is 5.92 Å². The summed E-state index contributed by atoms with van der Waals surface area (Å²) < 4.78 is 5.47. The number of piperazine rings is 1. The lowest BCUT2D eigenvalue weighted by atomic mass is 9.95. The predicted octanol–water partition coefficient (Wildman–Crippen LogP) is 2.03. The maximum Gasteiger partial charge on any atom is 0.241 e. The lowest BCUT2D eigenvalue weighted by Crippen LogP contribution is -2.50. The molecule has 0 aliphatic carbocycles. The molecule has 4 rings (SSSR count). The average molecular weight is 383 g/mol. The van der Waals surface area contributed by atoms with Crippen LogP contribution in [0, 0.1) is 12.8 Å². The zero-order chi connectivity index (χ0) is 19.5. The van der Waals surface area contributed by atoms with Gasteiger partial charge in [-0.1, -0.05) is 29.4 Å². The zero-order valence-corrected chi connectivity index (χ0v) is 16.8. The molecule has 7 heteroatoms. The van der Waals surface area contributed by atoms with E-state index in [0.29, 0.717) is 24.2 Å². The third kappa shape index (κ3) is 4.25. The molecule has 0 unspecified atom stereocenters. The van der Waals surface area contributed by atoms with Crippen LogP contribution in [0.4, 0.5) is 0 Å². The SMILES string of the molecule is Cc1ccccc1-c1noc(CN2CCC(C(=O)N3CCN(C)CC3)CC2)n1. The van der Waals surface area contributed by atoms with E-state index in [1.165, 1.54) is 0 Å². The summed E-state index contributed by atoms with van der Waals surface area (Å²) in [6.07, 6.45) is 1.81. The minimum absolute atomic E-state index is 0.157. The zero-order valence-electron chi connectivity index (χ0n) is 16.8. The Morgan fingerprint density at radius 2 is 1.82 bits per heavy atom. The summed E-state index contributed by atoms with van der Waals surface area (Å²) >= 11 is 0. The first kappa shape index (κ1) is 19.1. The molecule has 0 N–H and O–H groups in total. The van der Waals surface area contributed by atoms with Gasteiger partial charge in [0.1, 0.15) is 0 Å². The molecule has 2 saturated heterocycles. The van der Waals surface area contributed by atoms with E-state index in [9.17, 15) is 4.79 Å². The number of hydrogen-bond donors (Lipinski definition) is 0. The number of likely N-dealkylation sites (N-methyl/N-ethyl adjacent to an activating group) is 1. The Morgan fingerprint density at radius 1 is 1.11 bits per heavy atom. The van der Waals surface area contributed by atoms with E-state index in [1.54, 1.807) is 0 Å². The van der Waals surface area contributed by atoms with Gasteiger partial charge in [-0.15, -0.1) is 0 Å². The number of piperidine rings is 1. The normalized spacial score (nSPS) is 19.9. The standard InChI is InChI=1S/C21H29N5O2/c1-16-5-3-4-6-18(16)20-22-19(28-23-20)15-25-9-7-17(8-10-25)21(27)26-13-11-24(2)12-14-26/h3-6,17H,7-15H2,1-2H3. The molecule has 28 heavy (non-hydrogen) atoms. The highest BCUT2D eigenvalue weighted by atomic mass is 16.5. The number of hydrogen-bond acceptors (Lipinski definition) is 6. The second-order valence-corrected chi connectivity index (χ2v) is 8.01. The summed E-state index contributed by atoms with van der Waals surface area (Å²) in [5.41, 5.74) is 2.15. The molecular weight excluding hydrogens is 354 g/mol. The van der Waals surface area contributed by atoms with E-state index in [1.807, 2.05) is 36.1 Å². The topological polar surface area (TPSA) is 65.7 Å². The molecule has 0 saturated carbocycles. The highest BCUT2D eigenvalue weighted by Gasteiger charge is 2.30. The van der Waals surface area contributed by atoms with Crippen LogP contribution in [-0.4, -0.2) is 77.1 Å². The van der Waals surface area contributed by atoms with E-state index >= 15 is 0 Å². The Hall–Kier alpha value is -2.25. The van der Waals surface area contributed by atoms with E-state index in [-0.39, 0.29) is 5.92 Å². The van der Waals surface area contributed by atoms with Crippen LogP contribution in [0.5, 0.6) is 0 Å². The number of carbonyl (C=O) groups excluding carboxylic acids is 1. The van der Waals surface area contributed by atoms with Crippen LogP contribution >= 0.6 is 0 Å². The molecule has 1 aromatic carbocycles. The molecule has 2 aliphatic heterocycles. The summed E-state index contributed by atoms with van der Waals surface area (Å²) in [7, 11) is 2.11. The number of rotatable bonds is 4. The summed E-state index contributed by atoms with van der Waals surface area (Å²) in [5.74, 6) is 1.78. The summed E-state index contributed by atoms with van der Waals surface area (Å²) in [6, 6.07) is 8.06. The van der Waals surface area contributed by atoms with Crippen molar-refractivity contribution in [3.8, 4) is 11.4 Å². The Bertz CT molecular complexity index is 805. The maximum atomic E-state index is 12.8. The fourth-order valence-electron chi connectivity index (χ4n) is 4.07. The molecule has 0 atom stereocenters. The van der Waals surface area contributed by atoms with Crippen LogP contribution in [0.2, 0.25) is 0 Å². The van der Waals surface area contributed by atoms with Gasteiger partial charge >= 0.3 is 0 Å². The smallest absolute Gasteiger partial charge is 0.241 e. The van der Waals surface area contributed by atoms with Gasteiger partial charge in [0.15, 0.2) is 0 Å². The Kier molecular flexibility index (Phi) is 5.73. The van der Waals surface area contributed by atoms with Crippen LogP contribution < -0.4 is 0 Å². The van der Waals surface area contributed by atoms with Gasteiger partial charge in [0.2, 0.25) is 17.6 Å². The molecule has 2 fully saturated rings. The van der Waals surface area contributed by atoms with E-state index < -0.39 is 0 Å². The monoisotopic (exact) mass is 383 g/mol. The highest BCUT2D eigenvalue weighted by Crippen LogP contribution is 2.23. The van der Waals surface area contributed by atoms with Crippen LogP contribution in [0.3, 0.4) is 0 Å². The summed E-state index contributed by atoms with van der Waals surface area (Å²) in [4.78, 5) is 24.0. The second kappa shape index (κ2) is 8.41. The molecule has 0 spiro atoms. The van der Waals surface area contributed by atoms with Gasteiger partial charge in [-0.3, -0.25) is 9.69 Å². The minimum Gasteiger partial charge on any atom is -0.340 e. The number of aromatic nitrogens is 2. The second-order valence-electron chi connectivity index (χ2n) is 8.01. The molecule has 1 aromatic heterocycles. The van der Waals surface area contributed by atoms with Gasteiger partial charge < -0.3 is 14.3 Å². The van der Waals surface area contributed by atoms with Gasteiger partial charge in [0, 0.05) is 37.7 Å². The molecule has 3 heterocycles. The lowest BCUT2D eigenvalue weighted by molar-refractivity contribution is -0.138. The van der Waals surface area contributed by atoms with Gasteiger partial charge in [0.05, 0.1) is 6.54 Å². The third-order valence-electron chi connectivity index (χ3n) is 5.96. The molecular formula is C21H29N5O2. The number of likely N-dealkylation sites (tertiary alicyclic amines) is 1. The van der Waals surface area contributed by atoms with Crippen LogP contribution in [0.15, 0.2) is 28.8 Å². The van der Waals surface area contributed by atoms with Crippen molar-refractivity contribution < 1.29 is 9.32 Å². The molecule has 1 amide bonds. The lowest BCUT2D eigenvalue weighted by Gasteiger charge is -2.37. The number of nitrogens with zero attached hydrogens (tertiary/aromatic N) is 5. The fourth-order valence-corrected chi connectivity index (χ4v) is 4.07. The van der Waals surface area contributed by atoms with Crippen molar-refractivity contribution in [1.29, 1.82) is 0 Å². The van der Waals surface area contributed by atoms with Crippen molar-refractivity contribution in [3.63, 3.8) is 0 Å². The summed E-state index contributed by atoms with van der Waals surface area (Å²) in [5, 5.41) is 4.15. The van der Waals surface area contributed by atoms with Crippen molar-refractivity contribution in [2.45, 2.75) is 26.3 Å². The molecule has 7 nitrogen and oxygen atoms in total. The molecule has 2 aromatic rings. The van der Waals surface area contributed by atoms with E-state index in [4.69, 9.17) is 4.52 Å². The average Bonchev–Trinajstić information content (AvgIpc) is 3.17. The van der Waals surface area contributed by atoms with E-state index in [2.05, 4.69) is 27.0 Å². The van der Waals surface area contributed by atoms with Crippen molar-refractivity contribution in [2.75, 3.05) is 46.3 Å². The van der Waals surface area contributed by atoms with Gasteiger partial charge in [0.25, 0.3) is 0 Å². The minimum atomic E-state index is 0.157. The highest BCUT2D eigenvalue weighted by molar-refractivity contribution is 5.79. The number of benzene rings is 1. The molecule has 0 bridgehead atoms. The van der Waals surface area contributed by atoms with Crippen LogP contribution in [-0.2, 0) is 11.3 Å². The predicted molar refractivity (Wildman–Crippen MR) is 107 cm³/mol. The Morgan fingerprint density at radius 3 is 2.54 bits per heavy atom. The quantitative estimate of drug-likeness (QED) is 0.805. The van der Waals surface area contributed by atoms with Gasteiger partial charge in [-0.2, -0.15) is 4.98 Å². The molecule has 2 aliphatic rings. The fraction of sp³-hybridized carbons (Fsp3) is 0.571. The first-order valence-corrected chi connectivity index (χ1v) is 10.2. The number of aryl methyl sites for hydroxylation is 1. The molecule has 150 valence electrons. The Balaban J connectivity index is 1.29. The maximum absolute atomic E-state index is 12.8. The molecule has 0 radical (unpaired) electrons. The number of carbonyl (C=O) groups is 1. The van der Waals surface area contributed by atoms with Gasteiger partial charge in [-0.25, -0.2) is 0 Å². The van der Waals surface area contributed by atoms with E-state index in [0.717, 1.165) is 63.2 Å². The number of amides is 1. The van der Waals surface area contributed by atoms with Crippen LogP contribution in [0.1, 0.15) is 24.3 Å². The first-order chi connectivity index (χ1) is 13.6. The van der Waals surface area contributed by atoms with Gasteiger partial charge in [-0.05, 0) is 45.5 Å².